The Morgan fingerprint density at radius 3 is 2.20 bits per heavy atom. The van der Waals surface area contributed by atoms with Gasteiger partial charge in [-0.1, -0.05) is 61.7 Å². The van der Waals surface area contributed by atoms with E-state index in [2.05, 4.69) is 116 Å². The van der Waals surface area contributed by atoms with Gasteiger partial charge in [0, 0.05) is 62.6 Å². The van der Waals surface area contributed by atoms with Crippen molar-refractivity contribution in [2.24, 2.45) is 7.05 Å². The molecule has 0 aliphatic carbocycles. The van der Waals surface area contributed by atoms with E-state index in [0.29, 0.717) is 11.6 Å². The van der Waals surface area contributed by atoms with Crippen LogP contribution >= 0.6 is 43.5 Å². The molecular formula is C29H26Br2ClN2O+. The molecule has 0 aliphatic heterocycles. The maximum absolute atomic E-state index is 9.17. The third-order valence-corrected chi connectivity index (χ3v) is 7.28. The maximum Gasteiger partial charge on any atom is 0.213 e. The standard InChI is InChI=1S/C29H26Br2ClN2O/c1-33(15-16-35)25-11-3-20(4-12-25)5-13-26-17-22(27-14-10-24(31)19-28(27)32)18-29(34(26)2)21-6-8-23(30)9-7-21/h3-14,17-19,35H,15-16H2,1-2H3/q+1. The van der Waals surface area contributed by atoms with Crippen molar-refractivity contribution in [2.45, 2.75) is 0 Å². The number of aliphatic hydroxyl groups excluding tert-OH is 1. The van der Waals surface area contributed by atoms with Crippen molar-refractivity contribution in [1.29, 1.82) is 0 Å². The number of hydrogen-bond acceptors (Lipinski definition) is 2. The molecule has 0 atom stereocenters. The van der Waals surface area contributed by atoms with E-state index in [0.717, 1.165) is 48.3 Å². The zero-order valence-corrected chi connectivity index (χ0v) is 23.5. The van der Waals surface area contributed by atoms with Gasteiger partial charge >= 0.3 is 0 Å². The van der Waals surface area contributed by atoms with Gasteiger partial charge in [0.2, 0.25) is 11.4 Å². The number of likely N-dealkylation sites (N-methyl/N-ethyl adjacent to an activating group) is 1. The minimum atomic E-state index is 0.133. The second-order valence-electron chi connectivity index (χ2n) is 8.31. The molecule has 0 unspecified atom stereocenters. The fraction of sp³-hybridized carbons (Fsp3) is 0.138. The summed E-state index contributed by atoms with van der Waals surface area (Å²) in [7, 11) is 4.06. The largest absolute Gasteiger partial charge is 0.395 e. The van der Waals surface area contributed by atoms with Crippen LogP contribution in [0.5, 0.6) is 0 Å². The number of benzene rings is 3. The lowest BCUT2D eigenvalue weighted by Gasteiger charge is -2.17. The summed E-state index contributed by atoms with van der Waals surface area (Å²) in [4.78, 5) is 2.03. The molecular weight excluding hydrogens is 588 g/mol. The topological polar surface area (TPSA) is 27.3 Å². The average Bonchev–Trinajstić information content (AvgIpc) is 2.85. The Bertz CT molecular complexity index is 1350. The second kappa shape index (κ2) is 11.5. The third-order valence-electron chi connectivity index (χ3n) is 5.94. The van der Waals surface area contributed by atoms with Gasteiger partial charge in [-0.25, -0.2) is 0 Å². The number of aromatic nitrogens is 1. The molecule has 0 saturated carbocycles. The molecule has 0 fully saturated rings. The monoisotopic (exact) mass is 611 g/mol. The lowest BCUT2D eigenvalue weighted by Crippen LogP contribution is -2.34. The SMILES string of the molecule is CN(CCO)c1ccc(C=Cc2cc(-c3ccc(Br)cc3Cl)cc(-c3ccc(Br)cc3)[n+]2C)cc1. The van der Waals surface area contributed by atoms with Crippen LogP contribution in [-0.2, 0) is 7.05 Å². The summed E-state index contributed by atoms with van der Waals surface area (Å²) in [6.45, 7) is 0.739. The molecule has 0 aliphatic rings. The molecule has 0 saturated heterocycles. The molecule has 6 heteroatoms. The number of rotatable bonds is 7. The van der Waals surface area contributed by atoms with Crippen LogP contribution in [0, 0.1) is 0 Å². The van der Waals surface area contributed by atoms with Crippen molar-refractivity contribution < 1.29 is 9.67 Å². The molecule has 0 spiro atoms. The Morgan fingerprint density at radius 2 is 1.54 bits per heavy atom. The fourth-order valence-corrected chi connectivity index (χ4v) is 4.97. The number of hydrogen-bond donors (Lipinski definition) is 1. The van der Waals surface area contributed by atoms with Gasteiger partial charge in [-0.3, -0.25) is 0 Å². The first-order valence-electron chi connectivity index (χ1n) is 11.2. The Kier molecular flexibility index (Phi) is 8.45. The summed E-state index contributed by atoms with van der Waals surface area (Å²) in [6.07, 6.45) is 4.24. The Labute approximate surface area is 228 Å². The second-order valence-corrected chi connectivity index (χ2v) is 10.6. The molecule has 178 valence electrons. The molecule has 0 bridgehead atoms. The van der Waals surface area contributed by atoms with E-state index in [1.807, 2.05) is 30.1 Å². The summed E-state index contributed by atoms with van der Waals surface area (Å²) in [6, 6.07) is 27.0. The van der Waals surface area contributed by atoms with Crippen molar-refractivity contribution >= 4 is 61.3 Å². The van der Waals surface area contributed by atoms with Gasteiger partial charge in [-0.05, 0) is 65.7 Å². The zero-order chi connectivity index (χ0) is 24.9. The van der Waals surface area contributed by atoms with Gasteiger partial charge < -0.3 is 10.0 Å². The first kappa shape index (κ1) is 25.6. The molecule has 35 heavy (non-hydrogen) atoms. The van der Waals surface area contributed by atoms with Crippen molar-refractivity contribution in [3.63, 3.8) is 0 Å². The molecule has 3 nitrogen and oxygen atoms in total. The molecule has 4 aromatic rings. The Morgan fingerprint density at radius 1 is 0.857 bits per heavy atom. The van der Waals surface area contributed by atoms with Crippen LogP contribution in [0.25, 0.3) is 34.5 Å². The van der Waals surface area contributed by atoms with E-state index in [1.165, 1.54) is 0 Å². The zero-order valence-electron chi connectivity index (χ0n) is 19.6. The summed E-state index contributed by atoms with van der Waals surface area (Å²) in [5.74, 6) is 0. The van der Waals surface area contributed by atoms with Crippen LogP contribution < -0.4 is 9.47 Å². The van der Waals surface area contributed by atoms with Crippen LogP contribution in [-0.4, -0.2) is 25.3 Å². The van der Waals surface area contributed by atoms with E-state index < -0.39 is 0 Å². The highest BCUT2D eigenvalue weighted by atomic mass is 79.9. The van der Waals surface area contributed by atoms with E-state index in [1.54, 1.807) is 0 Å². The highest BCUT2D eigenvalue weighted by molar-refractivity contribution is 9.10. The fourth-order valence-electron chi connectivity index (χ4n) is 3.92. The normalized spacial score (nSPS) is 11.3. The third kappa shape index (κ3) is 6.22. The van der Waals surface area contributed by atoms with Gasteiger partial charge in [0.15, 0.2) is 0 Å². The summed E-state index contributed by atoms with van der Waals surface area (Å²) >= 11 is 13.7. The number of nitrogens with zero attached hydrogens (tertiary/aromatic N) is 2. The van der Waals surface area contributed by atoms with E-state index in [9.17, 15) is 5.11 Å². The molecule has 3 aromatic carbocycles. The minimum absolute atomic E-state index is 0.133. The highest BCUT2D eigenvalue weighted by Crippen LogP contribution is 2.33. The molecule has 1 aromatic heterocycles. The Hall–Kier alpha value is -2.44. The van der Waals surface area contributed by atoms with E-state index >= 15 is 0 Å². The summed E-state index contributed by atoms with van der Waals surface area (Å²) in [5, 5.41) is 9.88. The highest BCUT2D eigenvalue weighted by Gasteiger charge is 2.18. The predicted molar refractivity (Wildman–Crippen MR) is 155 cm³/mol. The maximum atomic E-state index is 9.17. The lowest BCUT2D eigenvalue weighted by molar-refractivity contribution is -0.662. The van der Waals surface area contributed by atoms with Crippen molar-refractivity contribution in [3.8, 4) is 22.4 Å². The molecule has 4 rings (SSSR count). The number of aliphatic hydroxyl groups is 1. The molecule has 0 radical (unpaired) electrons. The van der Waals surface area contributed by atoms with Crippen molar-refractivity contribution in [1.82, 2.24) is 0 Å². The van der Waals surface area contributed by atoms with Crippen LogP contribution in [0.2, 0.25) is 5.02 Å². The van der Waals surface area contributed by atoms with Crippen molar-refractivity contribution in [3.05, 3.63) is 104 Å². The number of pyridine rings is 1. The minimum Gasteiger partial charge on any atom is -0.395 e. The van der Waals surface area contributed by atoms with Gasteiger partial charge in [0.1, 0.15) is 7.05 Å². The lowest BCUT2D eigenvalue weighted by atomic mass is 10.0. The predicted octanol–water partition coefficient (Wildman–Crippen LogP) is 7.62. The summed E-state index contributed by atoms with van der Waals surface area (Å²) in [5.41, 5.74) is 7.49. The van der Waals surface area contributed by atoms with Gasteiger partial charge in [0.25, 0.3) is 0 Å². The van der Waals surface area contributed by atoms with E-state index in [4.69, 9.17) is 11.6 Å². The van der Waals surface area contributed by atoms with Gasteiger partial charge in [-0.2, -0.15) is 4.57 Å². The van der Waals surface area contributed by atoms with Crippen molar-refractivity contribution in [2.75, 3.05) is 25.1 Å². The number of halogens is 3. The van der Waals surface area contributed by atoms with E-state index in [-0.39, 0.29) is 6.61 Å². The smallest absolute Gasteiger partial charge is 0.213 e. The number of anilines is 1. The molecule has 0 amide bonds. The molecule has 1 heterocycles. The first-order chi connectivity index (χ1) is 16.9. The average molecular weight is 614 g/mol. The quantitative estimate of drug-likeness (QED) is 0.217. The van der Waals surface area contributed by atoms with Crippen LogP contribution in [0.4, 0.5) is 5.69 Å². The van der Waals surface area contributed by atoms with Gasteiger partial charge in [-0.15, -0.1) is 0 Å². The summed E-state index contributed by atoms with van der Waals surface area (Å²) < 4.78 is 4.19. The van der Waals surface area contributed by atoms with Crippen LogP contribution in [0.15, 0.2) is 87.8 Å². The molecule has 1 N–H and O–H groups in total. The van der Waals surface area contributed by atoms with Crippen LogP contribution in [0.3, 0.4) is 0 Å². The van der Waals surface area contributed by atoms with Crippen LogP contribution in [0.1, 0.15) is 11.3 Å². The first-order valence-corrected chi connectivity index (χ1v) is 13.2. The Balaban J connectivity index is 1.76. The van der Waals surface area contributed by atoms with Gasteiger partial charge in [0.05, 0.1) is 6.61 Å².